The van der Waals surface area contributed by atoms with E-state index in [1.807, 2.05) is 51.1 Å². The van der Waals surface area contributed by atoms with Crippen molar-refractivity contribution in [3.8, 4) is 0 Å². The Hall–Kier alpha value is -3.10. The highest BCUT2D eigenvalue weighted by atomic mass is 16.6. The number of rotatable bonds is 10. The van der Waals surface area contributed by atoms with Crippen molar-refractivity contribution in [1.29, 1.82) is 0 Å². The van der Waals surface area contributed by atoms with Crippen LogP contribution in [0.25, 0.3) is 0 Å². The third-order valence-corrected chi connectivity index (χ3v) is 7.57. The second-order valence-corrected chi connectivity index (χ2v) is 12.0. The number of piperidine rings is 2. The molecule has 39 heavy (non-hydrogen) atoms. The average molecular weight is 544 g/mol. The van der Waals surface area contributed by atoms with Gasteiger partial charge in [0.15, 0.2) is 0 Å². The molecule has 1 unspecified atom stereocenters. The normalized spacial score (nSPS) is 19.3. The molecule has 0 saturated carbocycles. The van der Waals surface area contributed by atoms with Gasteiger partial charge in [0.25, 0.3) is 0 Å². The summed E-state index contributed by atoms with van der Waals surface area (Å²) >= 11 is 0. The van der Waals surface area contributed by atoms with Crippen molar-refractivity contribution in [2.75, 3.05) is 26.2 Å². The highest BCUT2D eigenvalue weighted by molar-refractivity contribution is 5.82. The zero-order chi connectivity index (χ0) is 28.4. The summed E-state index contributed by atoms with van der Waals surface area (Å²) in [6, 6.07) is 9.36. The van der Waals surface area contributed by atoms with Crippen LogP contribution in [0.2, 0.25) is 0 Å². The third-order valence-electron chi connectivity index (χ3n) is 7.57. The van der Waals surface area contributed by atoms with Crippen molar-refractivity contribution < 1.29 is 29.0 Å². The Kier molecular flexibility index (Phi) is 11.2. The van der Waals surface area contributed by atoms with Crippen LogP contribution in [0, 0.1) is 11.8 Å². The van der Waals surface area contributed by atoms with Crippen LogP contribution >= 0.6 is 0 Å². The number of ether oxygens (including phenoxy) is 1. The predicted molar refractivity (Wildman–Crippen MR) is 148 cm³/mol. The van der Waals surface area contributed by atoms with Crippen LogP contribution in [-0.2, 0) is 25.5 Å². The molecule has 0 aliphatic carbocycles. The van der Waals surface area contributed by atoms with Gasteiger partial charge in [-0.05, 0) is 77.2 Å². The van der Waals surface area contributed by atoms with Crippen LogP contribution in [0.3, 0.4) is 0 Å². The Balaban J connectivity index is 1.42. The van der Waals surface area contributed by atoms with Gasteiger partial charge in [0, 0.05) is 38.6 Å². The Labute approximate surface area is 232 Å². The van der Waals surface area contributed by atoms with Crippen LogP contribution in [0.1, 0.15) is 77.7 Å². The summed E-state index contributed by atoms with van der Waals surface area (Å²) in [4.78, 5) is 53.3. The maximum Gasteiger partial charge on any atom is 0.410 e. The second kappa shape index (κ2) is 14.3. The van der Waals surface area contributed by atoms with Gasteiger partial charge in [-0.3, -0.25) is 14.4 Å². The van der Waals surface area contributed by atoms with Gasteiger partial charge in [0.1, 0.15) is 5.60 Å². The largest absolute Gasteiger partial charge is 0.481 e. The highest BCUT2D eigenvalue weighted by Gasteiger charge is 2.31. The minimum Gasteiger partial charge on any atom is -0.481 e. The lowest BCUT2D eigenvalue weighted by molar-refractivity contribution is -0.138. The molecule has 2 aliphatic rings. The summed E-state index contributed by atoms with van der Waals surface area (Å²) < 4.78 is 5.46. The second-order valence-electron chi connectivity index (χ2n) is 12.0. The quantitative estimate of drug-likeness (QED) is 0.456. The van der Waals surface area contributed by atoms with Gasteiger partial charge in [-0.2, -0.15) is 0 Å². The van der Waals surface area contributed by atoms with E-state index in [9.17, 15) is 24.3 Å². The van der Waals surface area contributed by atoms with Gasteiger partial charge in [-0.1, -0.05) is 30.3 Å². The first-order valence-corrected chi connectivity index (χ1v) is 14.3. The fourth-order valence-electron chi connectivity index (χ4n) is 5.37. The van der Waals surface area contributed by atoms with Crippen LogP contribution in [-0.4, -0.2) is 76.6 Å². The first-order valence-electron chi connectivity index (χ1n) is 14.3. The SMILES string of the molecule is CC(C)(C)OC(=O)N1CCC(CCC(=O)N2CCC[C@@H](C(=O)NC(CCc3ccccc3)CC(=O)O)C2)CC1. The topological polar surface area (TPSA) is 116 Å². The minimum absolute atomic E-state index is 0.0632. The molecule has 1 aromatic carbocycles. The molecule has 0 bridgehead atoms. The number of hydrogen-bond acceptors (Lipinski definition) is 5. The lowest BCUT2D eigenvalue weighted by Gasteiger charge is -2.35. The fourth-order valence-corrected chi connectivity index (χ4v) is 5.37. The molecule has 2 aliphatic heterocycles. The smallest absolute Gasteiger partial charge is 0.410 e. The molecule has 2 heterocycles. The first kappa shape index (κ1) is 30.4. The summed E-state index contributed by atoms with van der Waals surface area (Å²) in [5, 5.41) is 12.3. The maximum absolute atomic E-state index is 13.1. The summed E-state index contributed by atoms with van der Waals surface area (Å²) in [7, 11) is 0. The highest BCUT2D eigenvalue weighted by Crippen LogP contribution is 2.25. The van der Waals surface area contributed by atoms with Crippen LogP contribution in [0.15, 0.2) is 30.3 Å². The molecule has 0 spiro atoms. The van der Waals surface area contributed by atoms with Crippen molar-refractivity contribution in [3.05, 3.63) is 35.9 Å². The summed E-state index contributed by atoms with van der Waals surface area (Å²) in [5.41, 5.74) is 0.593. The Bertz CT molecular complexity index is 969. The van der Waals surface area contributed by atoms with E-state index >= 15 is 0 Å². The van der Waals surface area contributed by atoms with E-state index in [1.54, 1.807) is 9.80 Å². The maximum atomic E-state index is 13.1. The lowest BCUT2D eigenvalue weighted by atomic mass is 9.91. The van der Waals surface area contributed by atoms with E-state index in [0.29, 0.717) is 57.8 Å². The molecular weight excluding hydrogens is 498 g/mol. The zero-order valence-corrected chi connectivity index (χ0v) is 23.7. The number of carboxylic acid groups (broad SMARTS) is 1. The van der Waals surface area contributed by atoms with E-state index < -0.39 is 17.6 Å². The third kappa shape index (κ3) is 10.5. The van der Waals surface area contributed by atoms with E-state index in [-0.39, 0.29) is 30.2 Å². The van der Waals surface area contributed by atoms with E-state index in [2.05, 4.69) is 5.32 Å². The molecule has 2 N–H and O–H groups in total. The number of benzene rings is 1. The number of nitrogens with zero attached hydrogens (tertiary/aromatic N) is 2. The van der Waals surface area contributed by atoms with E-state index in [4.69, 9.17) is 4.74 Å². The molecule has 2 fully saturated rings. The van der Waals surface area contributed by atoms with E-state index in [0.717, 1.165) is 31.2 Å². The summed E-state index contributed by atoms with van der Waals surface area (Å²) in [6.07, 6.45) is 5.19. The Morgan fingerprint density at radius 2 is 1.72 bits per heavy atom. The number of hydrogen-bond donors (Lipinski definition) is 2. The van der Waals surface area contributed by atoms with Gasteiger partial charge in [0.2, 0.25) is 11.8 Å². The monoisotopic (exact) mass is 543 g/mol. The number of nitrogens with one attached hydrogen (secondary N) is 1. The van der Waals surface area contributed by atoms with E-state index in [1.165, 1.54) is 0 Å². The molecule has 3 rings (SSSR count). The Morgan fingerprint density at radius 3 is 2.36 bits per heavy atom. The zero-order valence-electron chi connectivity index (χ0n) is 23.7. The first-order chi connectivity index (χ1) is 18.5. The number of carboxylic acids is 1. The molecule has 2 saturated heterocycles. The molecule has 3 amide bonds. The molecule has 0 aromatic heterocycles. The molecular formula is C30H45N3O6. The number of carbonyl (C=O) groups is 4. The van der Waals surface area contributed by atoms with Crippen molar-refractivity contribution in [1.82, 2.24) is 15.1 Å². The van der Waals surface area contributed by atoms with Crippen molar-refractivity contribution in [2.45, 2.75) is 90.2 Å². The van der Waals surface area contributed by atoms with Gasteiger partial charge in [-0.25, -0.2) is 4.79 Å². The Morgan fingerprint density at radius 1 is 1.03 bits per heavy atom. The van der Waals surface area contributed by atoms with Crippen molar-refractivity contribution in [3.63, 3.8) is 0 Å². The fraction of sp³-hybridized carbons (Fsp3) is 0.667. The van der Waals surface area contributed by atoms with Gasteiger partial charge < -0.3 is 25.0 Å². The van der Waals surface area contributed by atoms with Crippen LogP contribution in [0.5, 0.6) is 0 Å². The van der Waals surface area contributed by atoms with Gasteiger partial charge in [0.05, 0.1) is 12.3 Å². The predicted octanol–water partition coefficient (Wildman–Crippen LogP) is 4.24. The molecule has 0 radical (unpaired) electrons. The molecule has 1 aromatic rings. The summed E-state index contributed by atoms with van der Waals surface area (Å²) in [6.45, 7) is 7.88. The van der Waals surface area contributed by atoms with Crippen molar-refractivity contribution >= 4 is 23.9 Å². The lowest BCUT2D eigenvalue weighted by Crippen LogP contribution is -2.48. The van der Waals surface area contributed by atoms with Gasteiger partial charge in [-0.15, -0.1) is 0 Å². The van der Waals surface area contributed by atoms with Crippen molar-refractivity contribution in [2.24, 2.45) is 11.8 Å². The number of aliphatic carboxylic acids is 1. The average Bonchev–Trinajstić information content (AvgIpc) is 2.90. The number of carbonyl (C=O) groups excluding carboxylic acids is 3. The number of amides is 3. The number of aryl methyl sites for hydroxylation is 1. The minimum atomic E-state index is -0.939. The van der Waals surface area contributed by atoms with Gasteiger partial charge >= 0.3 is 12.1 Å². The molecule has 2 atom stereocenters. The standard InChI is InChI=1S/C30H45N3O6/c1-30(2,3)39-29(38)32-18-15-23(16-19-32)12-14-26(34)33-17-7-10-24(21-33)28(37)31-25(20-27(35)36)13-11-22-8-5-4-6-9-22/h4-6,8-9,23-25H,7,10-21H2,1-3H3,(H,31,37)(H,35,36)/t24-,25?/m1/s1. The molecule has 9 nitrogen and oxygen atoms in total. The molecule has 9 heteroatoms. The van der Waals surface area contributed by atoms with Crippen LogP contribution < -0.4 is 5.32 Å². The number of likely N-dealkylation sites (tertiary alicyclic amines) is 2. The molecule has 216 valence electrons. The van der Waals surface area contributed by atoms with Crippen LogP contribution in [0.4, 0.5) is 4.79 Å². The summed E-state index contributed by atoms with van der Waals surface area (Å²) in [5.74, 6) is -0.981.